The molecule has 1 amide bonds. The van der Waals surface area contributed by atoms with Gasteiger partial charge in [0.2, 0.25) is 5.82 Å². The fraction of sp³-hybridized carbons (Fsp3) is 0.333. The first kappa shape index (κ1) is 19.4. The summed E-state index contributed by atoms with van der Waals surface area (Å²) in [5, 5.41) is 0. The van der Waals surface area contributed by atoms with Crippen molar-refractivity contribution in [2.75, 3.05) is 26.3 Å². The van der Waals surface area contributed by atoms with E-state index in [1.54, 1.807) is 54.3 Å². The number of halogens is 3. The summed E-state index contributed by atoms with van der Waals surface area (Å²) >= 11 is 0. The Labute approximate surface area is 165 Å². The fourth-order valence-electron chi connectivity index (χ4n) is 3.66. The Balaban J connectivity index is 1.71. The Morgan fingerprint density at radius 2 is 1.79 bits per heavy atom. The number of hydrogen-bond donors (Lipinski definition) is 0. The maximum absolute atomic E-state index is 13.4. The molecule has 0 saturated carbocycles. The van der Waals surface area contributed by atoms with Crippen LogP contribution < -0.4 is 0 Å². The molecular formula is C21H20F3N3O2. The van der Waals surface area contributed by atoms with Crippen molar-refractivity contribution in [3.05, 3.63) is 53.9 Å². The normalized spacial score (nSPS) is 15.1. The van der Waals surface area contributed by atoms with Gasteiger partial charge in [0.05, 0.1) is 24.2 Å². The molecule has 152 valence electrons. The minimum Gasteiger partial charge on any atom is -0.378 e. The number of para-hydroxylation sites is 1. The predicted octanol–water partition coefficient (Wildman–Crippen LogP) is 4.21. The van der Waals surface area contributed by atoms with E-state index < -0.39 is 12.0 Å². The monoisotopic (exact) mass is 403 g/mol. The van der Waals surface area contributed by atoms with Crippen LogP contribution in [-0.2, 0) is 17.5 Å². The van der Waals surface area contributed by atoms with Crippen LogP contribution in [0.2, 0.25) is 0 Å². The Morgan fingerprint density at radius 1 is 1.10 bits per heavy atom. The lowest BCUT2D eigenvalue weighted by Crippen LogP contribution is -2.40. The van der Waals surface area contributed by atoms with Crippen LogP contribution in [0.5, 0.6) is 0 Å². The Bertz CT molecular complexity index is 1040. The SMILES string of the molecule is CCn1c(C(F)(F)F)nc2c(-c3ccc(C(=O)N4CCOCC4)cc3)cccc21. The molecule has 1 saturated heterocycles. The molecule has 5 nitrogen and oxygen atoms in total. The summed E-state index contributed by atoms with van der Waals surface area (Å²) < 4.78 is 46.6. The van der Waals surface area contributed by atoms with Gasteiger partial charge in [-0.3, -0.25) is 4.79 Å². The third kappa shape index (κ3) is 3.60. The number of aromatic nitrogens is 2. The molecule has 0 aliphatic carbocycles. The molecule has 0 bridgehead atoms. The molecule has 1 aliphatic heterocycles. The van der Waals surface area contributed by atoms with Gasteiger partial charge in [-0.05, 0) is 30.7 Å². The number of morpholine rings is 1. The van der Waals surface area contributed by atoms with Crippen molar-refractivity contribution in [1.82, 2.24) is 14.5 Å². The van der Waals surface area contributed by atoms with Crippen molar-refractivity contribution in [3.63, 3.8) is 0 Å². The average molecular weight is 403 g/mol. The molecule has 1 aliphatic rings. The van der Waals surface area contributed by atoms with Crippen LogP contribution in [0.15, 0.2) is 42.5 Å². The molecule has 29 heavy (non-hydrogen) atoms. The van der Waals surface area contributed by atoms with Crippen molar-refractivity contribution in [1.29, 1.82) is 0 Å². The molecule has 0 atom stereocenters. The molecule has 8 heteroatoms. The summed E-state index contributed by atoms with van der Waals surface area (Å²) in [5.74, 6) is -0.978. The molecule has 1 fully saturated rings. The van der Waals surface area contributed by atoms with Gasteiger partial charge in [-0.2, -0.15) is 13.2 Å². The zero-order valence-corrected chi connectivity index (χ0v) is 15.9. The molecule has 0 radical (unpaired) electrons. The van der Waals surface area contributed by atoms with E-state index in [1.807, 2.05) is 0 Å². The van der Waals surface area contributed by atoms with Gasteiger partial charge in [-0.1, -0.05) is 24.3 Å². The number of hydrogen-bond acceptors (Lipinski definition) is 3. The van der Waals surface area contributed by atoms with E-state index in [4.69, 9.17) is 4.74 Å². The molecule has 0 N–H and O–H groups in total. The Kier molecular flexibility index (Phi) is 5.04. The zero-order chi connectivity index (χ0) is 20.6. The summed E-state index contributed by atoms with van der Waals surface area (Å²) in [4.78, 5) is 18.2. The van der Waals surface area contributed by atoms with Gasteiger partial charge in [-0.15, -0.1) is 0 Å². The first-order valence-electron chi connectivity index (χ1n) is 9.44. The number of aryl methyl sites for hydroxylation is 1. The highest BCUT2D eigenvalue weighted by Gasteiger charge is 2.37. The Hall–Kier alpha value is -2.87. The van der Waals surface area contributed by atoms with Gasteiger partial charge in [0.1, 0.15) is 0 Å². The van der Waals surface area contributed by atoms with Gasteiger partial charge in [0, 0.05) is 30.8 Å². The van der Waals surface area contributed by atoms with Gasteiger partial charge >= 0.3 is 6.18 Å². The highest BCUT2D eigenvalue weighted by molar-refractivity contribution is 5.96. The summed E-state index contributed by atoms with van der Waals surface area (Å²) in [5.41, 5.74) is 2.59. The largest absolute Gasteiger partial charge is 0.449 e. The highest BCUT2D eigenvalue weighted by Crippen LogP contribution is 2.35. The van der Waals surface area contributed by atoms with Crippen LogP contribution in [0.3, 0.4) is 0 Å². The van der Waals surface area contributed by atoms with Crippen molar-refractivity contribution >= 4 is 16.9 Å². The van der Waals surface area contributed by atoms with E-state index in [9.17, 15) is 18.0 Å². The van der Waals surface area contributed by atoms with E-state index in [0.29, 0.717) is 54.0 Å². The topological polar surface area (TPSA) is 47.4 Å². The second-order valence-corrected chi connectivity index (χ2v) is 6.83. The smallest absolute Gasteiger partial charge is 0.378 e. The molecule has 1 aromatic heterocycles. The number of benzene rings is 2. The van der Waals surface area contributed by atoms with E-state index in [2.05, 4.69) is 4.98 Å². The van der Waals surface area contributed by atoms with E-state index in [0.717, 1.165) is 0 Å². The maximum atomic E-state index is 13.4. The first-order valence-corrected chi connectivity index (χ1v) is 9.44. The summed E-state index contributed by atoms with van der Waals surface area (Å²) in [7, 11) is 0. The molecule has 0 unspecified atom stereocenters. The summed E-state index contributed by atoms with van der Waals surface area (Å²) in [6.45, 7) is 3.97. The number of carbonyl (C=O) groups is 1. The minimum atomic E-state index is -4.53. The second-order valence-electron chi connectivity index (χ2n) is 6.83. The maximum Gasteiger partial charge on any atom is 0.449 e. The van der Waals surface area contributed by atoms with Crippen LogP contribution in [-0.4, -0.2) is 46.7 Å². The van der Waals surface area contributed by atoms with Crippen LogP contribution in [0.1, 0.15) is 23.1 Å². The van der Waals surface area contributed by atoms with Crippen LogP contribution in [0, 0.1) is 0 Å². The van der Waals surface area contributed by atoms with Gasteiger partial charge in [0.25, 0.3) is 5.91 Å². The second kappa shape index (κ2) is 7.51. The molecule has 4 rings (SSSR count). The van der Waals surface area contributed by atoms with E-state index >= 15 is 0 Å². The molecule has 0 spiro atoms. The van der Waals surface area contributed by atoms with Gasteiger partial charge in [0.15, 0.2) is 0 Å². The number of nitrogens with zero attached hydrogens (tertiary/aromatic N) is 3. The summed E-state index contributed by atoms with van der Waals surface area (Å²) in [6.07, 6.45) is -4.53. The average Bonchev–Trinajstić information content (AvgIpc) is 3.13. The first-order chi connectivity index (χ1) is 13.9. The quantitative estimate of drug-likeness (QED) is 0.658. The van der Waals surface area contributed by atoms with Gasteiger partial charge in [-0.25, -0.2) is 4.98 Å². The fourth-order valence-corrected chi connectivity index (χ4v) is 3.66. The lowest BCUT2D eigenvalue weighted by Gasteiger charge is -2.26. The standard InChI is InChI=1S/C21H20F3N3O2/c1-2-27-17-5-3-4-16(18(17)25-20(27)21(22,23)24)14-6-8-15(9-7-14)19(28)26-10-12-29-13-11-26/h3-9H,2,10-13H2,1H3. The number of alkyl halides is 3. The van der Waals surface area contributed by atoms with E-state index in [-0.39, 0.29) is 12.5 Å². The molecule has 3 aromatic rings. The number of carbonyl (C=O) groups excluding carboxylic acids is 1. The number of fused-ring (bicyclic) bond motifs is 1. The third-order valence-corrected chi connectivity index (χ3v) is 5.09. The van der Waals surface area contributed by atoms with Crippen molar-refractivity contribution in [2.24, 2.45) is 0 Å². The minimum absolute atomic E-state index is 0.0762. The lowest BCUT2D eigenvalue weighted by molar-refractivity contribution is -0.146. The number of rotatable bonds is 3. The lowest BCUT2D eigenvalue weighted by atomic mass is 10.0. The van der Waals surface area contributed by atoms with Gasteiger partial charge < -0.3 is 14.2 Å². The molecule has 2 heterocycles. The van der Waals surface area contributed by atoms with Crippen LogP contribution in [0.4, 0.5) is 13.2 Å². The van der Waals surface area contributed by atoms with Crippen LogP contribution in [0.25, 0.3) is 22.2 Å². The van der Waals surface area contributed by atoms with Crippen molar-refractivity contribution in [2.45, 2.75) is 19.6 Å². The number of ether oxygens (including phenoxy) is 1. The van der Waals surface area contributed by atoms with Crippen molar-refractivity contribution in [3.8, 4) is 11.1 Å². The highest BCUT2D eigenvalue weighted by atomic mass is 19.4. The summed E-state index contributed by atoms with van der Waals surface area (Å²) in [6, 6.07) is 12.0. The molecule has 2 aromatic carbocycles. The van der Waals surface area contributed by atoms with Crippen molar-refractivity contribution < 1.29 is 22.7 Å². The third-order valence-electron chi connectivity index (χ3n) is 5.09. The number of amides is 1. The number of imidazole rings is 1. The van der Waals surface area contributed by atoms with E-state index in [1.165, 1.54) is 4.57 Å². The predicted molar refractivity (Wildman–Crippen MR) is 103 cm³/mol. The zero-order valence-electron chi connectivity index (χ0n) is 15.9. The van der Waals surface area contributed by atoms with Crippen LogP contribution >= 0.6 is 0 Å². The molecular weight excluding hydrogens is 383 g/mol. The Morgan fingerprint density at radius 3 is 2.41 bits per heavy atom.